The van der Waals surface area contributed by atoms with Crippen molar-refractivity contribution >= 4 is 5.78 Å². The van der Waals surface area contributed by atoms with Crippen LogP contribution in [0.5, 0.6) is 0 Å². The van der Waals surface area contributed by atoms with Crippen LogP contribution in [0.15, 0.2) is 28.8 Å². The third-order valence-corrected chi connectivity index (χ3v) is 1.91. The van der Waals surface area contributed by atoms with E-state index in [1.807, 2.05) is 0 Å². The minimum atomic E-state index is -0.182. The van der Waals surface area contributed by atoms with Crippen molar-refractivity contribution in [3.05, 3.63) is 41.6 Å². The smallest absolute Gasteiger partial charge is 0.248 e. The first-order valence-corrected chi connectivity index (χ1v) is 4.27. The summed E-state index contributed by atoms with van der Waals surface area (Å²) in [6.45, 7) is 1.80. The lowest BCUT2D eigenvalue weighted by atomic mass is 10.2. The molecule has 0 spiro atoms. The van der Waals surface area contributed by atoms with Crippen molar-refractivity contribution in [2.75, 3.05) is 0 Å². The molecule has 2 heterocycles. The summed E-state index contributed by atoms with van der Waals surface area (Å²) in [5.74, 6) is 0.879. The molecule has 0 aliphatic heterocycles. The van der Waals surface area contributed by atoms with E-state index >= 15 is 0 Å². The second-order valence-corrected chi connectivity index (χ2v) is 3.11. The van der Waals surface area contributed by atoms with Gasteiger partial charge in [0.2, 0.25) is 5.78 Å². The summed E-state index contributed by atoms with van der Waals surface area (Å²) in [5, 5.41) is 4.00. The molecule has 0 radical (unpaired) electrons. The molecule has 72 valence electrons. The summed E-state index contributed by atoms with van der Waals surface area (Å²) < 4.78 is 6.80. The van der Waals surface area contributed by atoms with Gasteiger partial charge in [0, 0.05) is 13.2 Å². The Hall–Kier alpha value is -1.84. The Morgan fingerprint density at radius 3 is 2.71 bits per heavy atom. The van der Waals surface area contributed by atoms with E-state index in [1.54, 1.807) is 43.0 Å². The third-order valence-electron chi connectivity index (χ3n) is 1.91. The summed E-state index contributed by atoms with van der Waals surface area (Å²) in [6.07, 6.45) is 1.73. The van der Waals surface area contributed by atoms with E-state index in [0.29, 0.717) is 11.5 Å². The Morgan fingerprint density at radius 2 is 2.21 bits per heavy atom. The number of ketones is 1. The lowest BCUT2D eigenvalue weighted by molar-refractivity contribution is 0.100. The number of rotatable bonds is 2. The minimum Gasteiger partial charge on any atom is -0.458 e. The molecule has 0 bridgehead atoms. The highest BCUT2D eigenvalue weighted by molar-refractivity contribution is 6.05. The average Bonchev–Trinajstić information content (AvgIpc) is 2.73. The molecular weight excluding hydrogens is 180 g/mol. The standard InChI is InChI=1S/C10H10N2O2/c1-7-3-4-9(14-7)10(13)8-5-6-12(2)11-8/h3-6H,1-2H3. The van der Waals surface area contributed by atoms with Crippen molar-refractivity contribution < 1.29 is 9.21 Å². The molecule has 0 N–H and O–H groups in total. The summed E-state index contributed by atoms with van der Waals surface area (Å²) in [6, 6.07) is 5.09. The van der Waals surface area contributed by atoms with Crippen LogP contribution >= 0.6 is 0 Å². The first-order chi connectivity index (χ1) is 6.66. The van der Waals surface area contributed by atoms with Gasteiger partial charge < -0.3 is 4.42 Å². The Bertz CT molecular complexity index is 426. The molecule has 2 aromatic heterocycles. The second kappa shape index (κ2) is 3.14. The van der Waals surface area contributed by atoms with E-state index in [1.165, 1.54) is 0 Å². The normalized spacial score (nSPS) is 10.4. The van der Waals surface area contributed by atoms with Gasteiger partial charge in [-0.05, 0) is 25.1 Å². The molecule has 14 heavy (non-hydrogen) atoms. The third kappa shape index (κ3) is 1.46. The Morgan fingerprint density at radius 1 is 1.43 bits per heavy atom. The molecule has 0 aromatic carbocycles. The molecule has 0 amide bonds. The molecule has 2 rings (SSSR count). The van der Waals surface area contributed by atoms with E-state index in [4.69, 9.17) is 4.42 Å². The fraction of sp³-hybridized carbons (Fsp3) is 0.200. The largest absolute Gasteiger partial charge is 0.458 e. The number of nitrogens with zero attached hydrogens (tertiary/aromatic N) is 2. The van der Waals surface area contributed by atoms with Crippen LogP contribution in [0, 0.1) is 6.92 Å². The molecule has 4 heteroatoms. The Labute approximate surface area is 81.1 Å². The van der Waals surface area contributed by atoms with Crippen molar-refractivity contribution in [3.63, 3.8) is 0 Å². The topological polar surface area (TPSA) is 48.0 Å². The van der Waals surface area contributed by atoms with E-state index in [-0.39, 0.29) is 5.78 Å². The molecule has 0 saturated carbocycles. The van der Waals surface area contributed by atoms with Gasteiger partial charge in [0.05, 0.1) is 0 Å². The van der Waals surface area contributed by atoms with E-state index in [0.717, 1.165) is 5.76 Å². The molecule has 0 unspecified atom stereocenters. The molecule has 0 saturated heterocycles. The maximum Gasteiger partial charge on any atom is 0.248 e. The highest BCUT2D eigenvalue weighted by atomic mass is 16.3. The van der Waals surface area contributed by atoms with Crippen LogP contribution in [0.1, 0.15) is 22.0 Å². The van der Waals surface area contributed by atoms with Gasteiger partial charge in [-0.15, -0.1) is 0 Å². The minimum absolute atomic E-state index is 0.182. The van der Waals surface area contributed by atoms with Gasteiger partial charge in [-0.2, -0.15) is 5.10 Å². The number of hydrogen-bond acceptors (Lipinski definition) is 3. The maximum absolute atomic E-state index is 11.7. The first-order valence-electron chi connectivity index (χ1n) is 4.27. The van der Waals surface area contributed by atoms with Crippen LogP contribution in [-0.4, -0.2) is 15.6 Å². The van der Waals surface area contributed by atoms with Crippen molar-refractivity contribution in [1.29, 1.82) is 0 Å². The predicted molar refractivity (Wildman–Crippen MR) is 50.1 cm³/mol. The fourth-order valence-corrected chi connectivity index (χ4v) is 1.22. The zero-order valence-corrected chi connectivity index (χ0v) is 8.02. The average molecular weight is 190 g/mol. The lowest BCUT2D eigenvalue weighted by Gasteiger charge is -1.91. The van der Waals surface area contributed by atoms with E-state index < -0.39 is 0 Å². The van der Waals surface area contributed by atoms with Crippen LogP contribution in [0.4, 0.5) is 0 Å². The lowest BCUT2D eigenvalue weighted by Crippen LogP contribution is -2.01. The molecule has 4 nitrogen and oxygen atoms in total. The highest BCUT2D eigenvalue weighted by Crippen LogP contribution is 2.11. The molecule has 2 aromatic rings. The van der Waals surface area contributed by atoms with Crippen molar-refractivity contribution in [1.82, 2.24) is 9.78 Å². The van der Waals surface area contributed by atoms with E-state index in [9.17, 15) is 4.79 Å². The van der Waals surface area contributed by atoms with Gasteiger partial charge >= 0.3 is 0 Å². The second-order valence-electron chi connectivity index (χ2n) is 3.11. The molecule has 0 fully saturated rings. The van der Waals surface area contributed by atoms with Gasteiger partial charge in [0.1, 0.15) is 11.5 Å². The monoisotopic (exact) mass is 190 g/mol. The van der Waals surface area contributed by atoms with Gasteiger partial charge in [-0.25, -0.2) is 0 Å². The number of aromatic nitrogens is 2. The van der Waals surface area contributed by atoms with Gasteiger partial charge in [-0.3, -0.25) is 9.48 Å². The summed E-state index contributed by atoms with van der Waals surface area (Å²) in [5.41, 5.74) is 0.404. The van der Waals surface area contributed by atoms with Crippen molar-refractivity contribution in [3.8, 4) is 0 Å². The zero-order chi connectivity index (χ0) is 10.1. The summed E-state index contributed by atoms with van der Waals surface area (Å²) in [7, 11) is 1.77. The predicted octanol–water partition coefficient (Wildman–Crippen LogP) is 1.55. The maximum atomic E-state index is 11.7. The molecule has 0 atom stereocenters. The number of aryl methyl sites for hydroxylation is 2. The Kier molecular flexibility index (Phi) is 1.96. The van der Waals surface area contributed by atoms with Crippen molar-refractivity contribution in [2.24, 2.45) is 7.05 Å². The van der Waals surface area contributed by atoms with Gasteiger partial charge in [-0.1, -0.05) is 0 Å². The van der Waals surface area contributed by atoms with E-state index in [2.05, 4.69) is 5.10 Å². The quantitative estimate of drug-likeness (QED) is 0.675. The van der Waals surface area contributed by atoms with Crippen molar-refractivity contribution in [2.45, 2.75) is 6.92 Å². The zero-order valence-electron chi connectivity index (χ0n) is 8.02. The molecular formula is C10H10N2O2. The number of furan rings is 1. The first kappa shape index (κ1) is 8.74. The highest BCUT2D eigenvalue weighted by Gasteiger charge is 2.14. The Balaban J connectivity index is 2.33. The summed E-state index contributed by atoms with van der Waals surface area (Å²) in [4.78, 5) is 11.7. The van der Waals surface area contributed by atoms with Crippen LogP contribution < -0.4 is 0 Å². The number of carbonyl (C=O) groups excluding carboxylic acids is 1. The SMILES string of the molecule is Cc1ccc(C(=O)c2ccn(C)n2)o1. The van der Waals surface area contributed by atoms with Gasteiger partial charge in [0.25, 0.3) is 0 Å². The van der Waals surface area contributed by atoms with Crippen LogP contribution in [-0.2, 0) is 7.05 Å². The van der Waals surface area contributed by atoms with Gasteiger partial charge in [0.15, 0.2) is 5.76 Å². The number of hydrogen-bond donors (Lipinski definition) is 0. The van der Waals surface area contributed by atoms with Crippen LogP contribution in [0.3, 0.4) is 0 Å². The number of carbonyl (C=O) groups is 1. The molecule has 0 aliphatic rings. The fourth-order valence-electron chi connectivity index (χ4n) is 1.22. The van der Waals surface area contributed by atoms with Crippen LogP contribution in [0.25, 0.3) is 0 Å². The van der Waals surface area contributed by atoms with Crippen LogP contribution in [0.2, 0.25) is 0 Å². The molecule has 0 aliphatic carbocycles. The summed E-state index contributed by atoms with van der Waals surface area (Å²) >= 11 is 0.